The number of fused-ring (bicyclic) bond motifs is 4. The maximum Gasteiger partial charge on any atom is 0.196 e. The summed E-state index contributed by atoms with van der Waals surface area (Å²) in [4.78, 5) is 7.98. The molecule has 0 amide bonds. The van der Waals surface area contributed by atoms with Crippen LogP contribution in [-0.4, -0.2) is 17.1 Å². The quantitative estimate of drug-likeness (QED) is 0.218. The van der Waals surface area contributed by atoms with Crippen LogP contribution in [0.5, 0.6) is 0 Å². The van der Waals surface area contributed by atoms with Crippen molar-refractivity contribution in [3.63, 3.8) is 0 Å². The van der Waals surface area contributed by atoms with Gasteiger partial charge in [-0.25, -0.2) is 0 Å². The van der Waals surface area contributed by atoms with Crippen molar-refractivity contribution in [1.82, 2.24) is 10.3 Å². The van der Waals surface area contributed by atoms with Crippen molar-refractivity contribution >= 4 is 11.3 Å². The lowest BCUT2D eigenvalue weighted by molar-refractivity contribution is 0.102. The van der Waals surface area contributed by atoms with E-state index in [0.29, 0.717) is 11.8 Å². The van der Waals surface area contributed by atoms with Crippen LogP contribution in [0.15, 0.2) is 169 Å². The highest BCUT2D eigenvalue weighted by Crippen LogP contribution is 2.51. The van der Waals surface area contributed by atoms with E-state index in [4.69, 9.17) is 9.72 Å². The van der Waals surface area contributed by atoms with E-state index in [1.165, 1.54) is 47.2 Å². The third-order valence-electron chi connectivity index (χ3n) is 12.1. The van der Waals surface area contributed by atoms with Gasteiger partial charge in [-0.15, -0.1) is 0 Å². The fourth-order valence-corrected chi connectivity index (χ4v) is 9.43. The molecule has 262 valence electrons. The molecule has 1 aromatic heterocycles. The highest BCUT2D eigenvalue weighted by Gasteiger charge is 2.52. The zero-order valence-corrected chi connectivity index (χ0v) is 30.2. The van der Waals surface area contributed by atoms with Gasteiger partial charge in [0.05, 0.1) is 29.4 Å². The van der Waals surface area contributed by atoms with E-state index in [0.717, 1.165) is 40.4 Å². The van der Waals surface area contributed by atoms with Gasteiger partial charge in [0.15, 0.2) is 6.23 Å². The minimum absolute atomic E-state index is 0.164. The monoisotopic (exact) mass is 691 g/mol. The first-order valence-electron chi connectivity index (χ1n) is 19.5. The van der Waals surface area contributed by atoms with Crippen LogP contribution in [-0.2, 0) is 4.74 Å². The number of anilines is 1. The van der Waals surface area contributed by atoms with Gasteiger partial charge in [0.1, 0.15) is 5.76 Å². The van der Waals surface area contributed by atoms with E-state index in [1.54, 1.807) is 0 Å². The summed E-state index contributed by atoms with van der Waals surface area (Å²) in [6.45, 7) is 2.34. The standard InChI is InChI=1S/C49H45N3O/c1-32-12-10-17-37(28-32)33-22-24-34(25-23-33)39-30-43(35-13-4-2-5-14-35)50-44(31-39)38-18-11-19-40(29-38)52-45-21-9-8-20-41(45)47-46(52)27-26-42-48(47)53-49(51-42)36-15-6-3-7-16-36/h2-9,11,13,15-16,18-32,35,41,45-47,49,51H,10,12,14,17H2,1H3. The maximum atomic E-state index is 6.77. The number of benzene rings is 3. The van der Waals surface area contributed by atoms with Crippen LogP contribution in [0, 0.1) is 17.8 Å². The summed E-state index contributed by atoms with van der Waals surface area (Å²) in [6.07, 6.45) is 29.6. The number of rotatable bonds is 6. The summed E-state index contributed by atoms with van der Waals surface area (Å²) in [5, 5.41) is 3.66. The summed E-state index contributed by atoms with van der Waals surface area (Å²) in [7, 11) is 0. The zero-order valence-electron chi connectivity index (χ0n) is 30.2. The van der Waals surface area contributed by atoms with Crippen molar-refractivity contribution in [3.8, 4) is 22.4 Å². The van der Waals surface area contributed by atoms with E-state index in [-0.39, 0.29) is 30.1 Å². The van der Waals surface area contributed by atoms with Crippen LogP contribution in [0.4, 0.5) is 5.69 Å². The molecule has 1 saturated heterocycles. The van der Waals surface area contributed by atoms with E-state index in [9.17, 15) is 0 Å². The molecular formula is C49H45N3O. The molecule has 7 unspecified atom stereocenters. The fraction of sp³-hybridized carbons (Fsp3) is 0.245. The van der Waals surface area contributed by atoms with Crippen LogP contribution in [0.2, 0.25) is 0 Å². The molecule has 4 nitrogen and oxygen atoms in total. The molecule has 4 aromatic rings. The predicted octanol–water partition coefficient (Wildman–Crippen LogP) is 11.2. The Labute approximate surface area is 313 Å². The van der Waals surface area contributed by atoms with Gasteiger partial charge in [-0.05, 0) is 84.2 Å². The first kappa shape index (κ1) is 32.1. The minimum Gasteiger partial charge on any atom is -0.468 e. The number of ether oxygens (including phenoxy) is 1. The topological polar surface area (TPSA) is 37.4 Å². The molecule has 4 aliphatic carbocycles. The molecule has 0 spiro atoms. The number of aromatic nitrogens is 1. The van der Waals surface area contributed by atoms with Crippen molar-refractivity contribution in [1.29, 1.82) is 0 Å². The Morgan fingerprint density at radius 2 is 1.60 bits per heavy atom. The average Bonchev–Trinajstić information content (AvgIpc) is 3.81. The third-order valence-corrected chi connectivity index (χ3v) is 12.1. The summed E-state index contributed by atoms with van der Waals surface area (Å²) in [6, 6.07) is 33.8. The lowest BCUT2D eigenvalue weighted by Crippen LogP contribution is -2.37. The number of hydrogen-bond acceptors (Lipinski definition) is 4. The van der Waals surface area contributed by atoms with Crippen molar-refractivity contribution in [3.05, 3.63) is 186 Å². The first-order chi connectivity index (χ1) is 26.2. The Morgan fingerprint density at radius 3 is 2.45 bits per heavy atom. The van der Waals surface area contributed by atoms with Gasteiger partial charge in [0.2, 0.25) is 0 Å². The maximum absolute atomic E-state index is 6.77. The molecular weight excluding hydrogens is 647 g/mol. The van der Waals surface area contributed by atoms with Crippen LogP contribution in [0.25, 0.3) is 28.0 Å². The van der Waals surface area contributed by atoms with Crippen molar-refractivity contribution < 1.29 is 4.74 Å². The second-order valence-corrected chi connectivity index (χ2v) is 15.5. The molecule has 2 aliphatic heterocycles. The summed E-state index contributed by atoms with van der Waals surface area (Å²) in [5.41, 5.74) is 12.0. The Hall–Kier alpha value is -5.61. The summed E-state index contributed by atoms with van der Waals surface area (Å²) < 4.78 is 6.77. The minimum atomic E-state index is -0.171. The smallest absolute Gasteiger partial charge is 0.196 e. The fourth-order valence-electron chi connectivity index (χ4n) is 9.43. The lowest BCUT2D eigenvalue weighted by Gasteiger charge is -2.32. The first-order valence-corrected chi connectivity index (χ1v) is 19.5. The Kier molecular flexibility index (Phi) is 8.12. The lowest BCUT2D eigenvalue weighted by atomic mass is 9.81. The van der Waals surface area contributed by atoms with Crippen LogP contribution >= 0.6 is 0 Å². The van der Waals surface area contributed by atoms with Crippen LogP contribution in [0.3, 0.4) is 0 Å². The molecule has 1 N–H and O–H groups in total. The van der Waals surface area contributed by atoms with Gasteiger partial charge >= 0.3 is 0 Å². The molecule has 10 rings (SSSR count). The van der Waals surface area contributed by atoms with E-state index in [1.807, 2.05) is 0 Å². The second-order valence-electron chi connectivity index (χ2n) is 15.5. The molecule has 1 fully saturated rings. The normalized spacial score (nSPS) is 27.9. The molecule has 0 radical (unpaired) electrons. The summed E-state index contributed by atoms with van der Waals surface area (Å²) in [5.74, 6) is 2.50. The number of hydrogen-bond donors (Lipinski definition) is 1. The number of nitrogens with one attached hydrogen (secondary N) is 1. The Balaban J connectivity index is 0.997. The largest absolute Gasteiger partial charge is 0.468 e. The van der Waals surface area contributed by atoms with E-state index in [2.05, 4.69) is 175 Å². The van der Waals surface area contributed by atoms with Gasteiger partial charge in [-0.1, -0.05) is 134 Å². The van der Waals surface area contributed by atoms with Crippen molar-refractivity contribution in [2.45, 2.75) is 56.8 Å². The molecule has 3 aromatic carbocycles. The highest BCUT2D eigenvalue weighted by atomic mass is 16.5. The zero-order chi connectivity index (χ0) is 35.3. The van der Waals surface area contributed by atoms with Gasteiger partial charge < -0.3 is 15.0 Å². The van der Waals surface area contributed by atoms with E-state index >= 15 is 0 Å². The number of pyridine rings is 1. The molecule has 6 aliphatic rings. The van der Waals surface area contributed by atoms with Gasteiger partial charge in [-0.2, -0.15) is 0 Å². The number of nitrogens with zero attached hydrogens (tertiary/aromatic N) is 2. The van der Waals surface area contributed by atoms with Gasteiger partial charge in [0, 0.05) is 34.3 Å². The molecule has 7 atom stereocenters. The predicted molar refractivity (Wildman–Crippen MR) is 217 cm³/mol. The van der Waals surface area contributed by atoms with Crippen LogP contribution in [0.1, 0.15) is 61.6 Å². The van der Waals surface area contributed by atoms with Crippen molar-refractivity contribution in [2.24, 2.45) is 17.8 Å². The summed E-state index contributed by atoms with van der Waals surface area (Å²) >= 11 is 0. The Bertz CT molecular complexity index is 2250. The Morgan fingerprint density at radius 1 is 0.755 bits per heavy atom. The van der Waals surface area contributed by atoms with E-state index < -0.39 is 0 Å². The highest BCUT2D eigenvalue weighted by molar-refractivity contribution is 5.76. The molecule has 4 heteroatoms. The second kappa shape index (κ2) is 13.4. The third kappa shape index (κ3) is 5.91. The van der Waals surface area contributed by atoms with Gasteiger partial charge in [0.25, 0.3) is 0 Å². The molecule has 0 saturated carbocycles. The average molecular weight is 692 g/mol. The molecule has 53 heavy (non-hydrogen) atoms. The molecule has 3 heterocycles. The van der Waals surface area contributed by atoms with Gasteiger partial charge in [-0.3, -0.25) is 4.98 Å². The SMILES string of the molecule is CC1C=C(c2ccc(-c3cc(-c4cccc(N5C6C=CC=CC6C6C7=C(C=CC65)NC(c5ccccc5)O7)c4)nc(C4C=CC=CC4)c3)cc2)CCC1. The van der Waals surface area contributed by atoms with Crippen LogP contribution < -0.4 is 10.2 Å². The van der Waals surface area contributed by atoms with Crippen molar-refractivity contribution in [2.75, 3.05) is 4.90 Å². The number of allylic oxidation sites excluding steroid dienone is 9. The molecule has 0 bridgehead atoms.